The molecule has 73 heavy (non-hydrogen) atoms. The molecule has 13 aromatic rings. The van der Waals surface area contributed by atoms with Crippen LogP contribution in [0.5, 0.6) is 0 Å². The molecule has 0 spiro atoms. The smallest absolute Gasteiger partial charge is 0.145 e. The first-order valence-electron chi connectivity index (χ1n) is 25.6. The van der Waals surface area contributed by atoms with Gasteiger partial charge in [-0.05, 0) is 117 Å². The lowest BCUT2D eigenvalue weighted by Crippen LogP contribution is -2.29. The predicted octanol–water partition coefficient (Wildman–Crippen LogP) is 19.0. The van der Waals surface area contributed by atoms with Crippen molar-refractivity contribution >= 4 is 82.7 Å². The summed E-state index contributed by atoms with van der Waals surface area (Å²) < 4.78 is 16.5. The van der Waals surface area contributed by atoms with E-state index in [-0.39, 0.29) is 10.8 Å². The molecule has 0 unspecified atom stereocenters. The van der Waals surface area contributed by atoms with Gasteiger partial charge >= 0.3 is 0 Å². The molecule has 1 aliphatic carbocycles. The third-order valence-electron chi connectivity index (χ3n) is 15.8. The molecule has 0 amide bonds. The van der Waals surface area contributed by atoms with Crippen LogP contribution < -0.4 is 4.90 Å². The number of rotatable bonds is 6. The van der Waals surface area contributed by atoms with Crippen molar-refractivity contribution in [2.75, 3.05) is 4.90 Å². The zero-order chi connectivity index (χ0) is 49.4. The monoisotopic (exact) mass is 942 g/mol. The van der Waals surface area contributed by atoms with Gasteiger partial charge in [0.05, 0.1) is 27.5 Å². The molecule has 10 aromatic carbocycles. The van der Waals surface area contributed by atoms with E-state index in [0.717, 1.165) is 83.2 Å². The molecule has 1 aliphatic rings. The van der Waals surface area contributed by atoms with Gasteiger partial charge in [-0.25, -0.2) is 0 Å². The highest BCUT2D eigenvalue weighted by atomic mass is 16.3. The molecule has 0 bridgehead atoms. The highest BCUT2D eigenvalue weighted by Gasteiger charge is 2.48. The Morgan fingerprint density at radius 2 is 0.959 bits per heavy atom. The summed E-state index contributed by atoms with van der Waals surface area (Å²) >= 11 is 0. The van der Waals surface area contributed by atoms with Crippen LogP contribution in [0.2, 0.25) is 0 Å². The minimum Gasteiger partial charge on any atom is -0.456 e. The minimum absolute atomic E-state index is 0.0188. The van der Waals surface area contributed by atoms with E-state index in [9.17, 15) is 0 Å². The number of anilines is 3. The molecule has 14 rings (SSSR count). The van der Waals surface area contributed by atoms with E-state index in [1.807, 2.05) is 6.07 Å². The standard InChI is InChI=1S/C69H54N2O2/c1-67(2,3)43-28-32-45(33-29-43)69(46-34-30-44(31-35-46)68(4,5)6)56-24-14-10-22-53(56)64-57(69)42-60(65-54-23-13-17-27-62(54)73-66(64)65)70(49-36-38-52-51-21-12-16-26-61(51)72-63(52)41-49)48-37-39-59-55(40-48)50-20-11-15-25-58(50)71(59)47-18-8-7-9-19-47/h7-42H,1-6H3. The Kier molecular flexibility index (Phi) is 9.29. The van der Waals surface area contributed by atoms with Crippen molar-refractivity contribution in [1.29, 1.82) is 0 Å². The fourth-order valence-corrected chi connectivity index (χ4v) is 12.3. The minimum atomic E-state index is -0.720. The van der Waals surface area contributed by atoms with Crippen LogP contribution in [0.25, 0.3) is 82.5 Å². The van der Waals surface area contributed by atoms with Crippen molar-refractivity contribution in [3.63, 3.8) is 0 Å². The number of hydrogen-bond acceptors (Lipinski definition) is 3. The Hall–Kier alpha value is -8.60. The van der Waals surface area contributed by atoms with Crippen LogP contribution >= 0.6 is 0 Å². The summed E-state index contributed by atoms with van der Waals surface area (Å²) in [7, 11) is 0. The summed E-state index contributed by atoms with van der Waals surface area (Å²) in [5, 5.41) is 6.66. The van der Waals surface area contributed by atoms with Crippen LogP contribution in [0.1, 0.15) is 74.9 Å². The van der Waals surface area contributed by atoms with Crippen LogP contribution in [-0.2, 0) is 16.2 Å². The average molecular weight is 943 g/mol. The van der Waals surface area contributed by atoms with E-state index in [1.165, 1.54) is 49.7 Å². The zero-order valence-corrected chi connectivity index (χ0v) is 42.0. The summed E-state index contributed by atoms with van der Waals surface area (Å²) in [6.07, 6.45) is 0. The van der Waals surface area contributed by atoms with Crippen LogP contribution in [0.4, 0.5) is 17.1 Å². The fourth-order valence-electron chi connectivity index (χ4n) is 12.3. The number of nitrogens with zero attached hydrogens (tertiary/aromatic N) is 2. The van der Waals surface area contributed by atoms with Crippen molar-refractivity contribution in [3.05, 3.63) is 252 Å². The number of furan rings is 2. The Morgan fingerprint density at radius 3 is 1.66 bits per heavy atom. The molecule has 0 radical (unpaired) electrons. The zero-order valence-electron chi connectivity index (χ0n) is 42.0. The molecule has 0 fully saturated rings. The topological polar surface area (TPSA) is 34.5 Å². The van der Waals surface area contributed by atoms with Gasteiger partial charge in [-0.2, -0.15) is 0 Å². The molecule has 3 heterocycles. The number of hydrogen-bond donors (Lipinski definition) is 0. The Morgan fingerprint density at radius 1 is 0.411 bits per heavy atom. The summed E-state index contributed by atoms with van der Waals surface area (Å²) in [5.41, 5.74) is 18.9. The Labute approximate surface area is 425 Å². The summed E-state index contributed by atoms with van der Waals surface area (Å²) in [6, 6.07) is 80.6. The third kappa shape index (κ3) is 6.39. The molecule has 0 saturated carbocycles. The van der Waals surface area contributed by atoms with Gasteiger partial charge in [0.15, 0.2) is 0 Å². The summed E-state index contributed by atoms with van der Waals surface area (Å²) in [6.45, 7) is 13.8. The number of fused-ring (bicyclic) bond motifs is 13. The maximum Gasteiger partial charge on any atom is 0.145 e. The van der Waals surface area contributed by atoms with E-state index >= 15 is 0 Å². The van der Waals surface area contributed by atoms with Crippen molar-refractivity contribution in [2.45, 2.75) is 57.8 Å². The van der Waals surface area contributed by atoms with Crippen molar-refractivity contribution in [3.8, 4) is 16.8 Å². The lowest BCUT2D eigenvalue weighted by atomic mass is 9.66. The lowest BCUT2D eigenvalue weighted by Gasteiger charge is -2.36. The van der Waals surface area contributed by atoms with Crippen LogP contribution in [0.15, 0.2) is 227 Å². The largest absolute Gasteiger partial charge is 0.456 e. The van der Waals surface area contributed by atoms with Crippen LogP contribution in [0.3, 0.4) is 0 Å². The van der Waals surface area contributed by atoms with Gasteiger partial charge in [-0.15, -0.1) is 0 Å². The van der Waals surface area contributed by atoms with Crippen LogP contribution in [-0.4, -0.2) is 4.57 Å². The first kappa shape index (κ1) is 43.2. The maximum atomic E-state index is 7.35. The molecule has 4 heteroatoms. The first-order chi connectivity index (χ1) is 35.5. The van der Waals surface area contributed by atoms with Gasteiger partial charge in [-0.3, -0.25) is 0 Å². The SMILES string of the molecule is CC(C)(C)c1ccc(C2(c3ccc(C(C)(C)C)cc3)c3ccccc3-c3c2cc(N(c2ccc4c(c2)oc2ccccc24)c2ccc4c(c2)c2ccccc2n4-c2ccccc2)c2c3oc3ccccc32)cc1. The van der Waals surface area contributed by atoms with E-state index < -0.39 is 5.41 Å². The highest BCUT2D eigenvalue weighted by Crippen LogP contribution is 2.61. The quantitative estimate of drug-likeness (QED) is 0.167. The van der Waals surface area contributed by atoms with E-state index in [1.54, 1.807) is 0 Å². The fraction of sp³-hybridized carbons (Fsp3) is 0.130. The highest BCUT2D eigenvalue weighted by molar-refractivity contribution is 6.20. The van der Waals surface area contributed by atoms with Gasteiger partial charge in [0.1, 0.15) is 22.3 Å². The lowest BCUT2D eigenvalue weighted by molar-refractivity contribution is 0.588. The number of aromatic nitrogens is 1. The molecule has 3 aromatic heterocycles. The summed E-state index contributed by atoms with van der Waals surface area (Å²) in [5.74, 6) is 0. The van der Waals surface area contributed by atoms with Gasteiger partial charge in [0.2, 0.25) is 0 Å². The van der Waals surface area contributed by atoms with Crippen LogP contribution in [0, 0.1) is 0 Å². The maximum absolute atomic E-state index is 7.35. The second-order valence-electron chi connectivity index (χ2n) is 22.1. The van der Waals surface area contributed by atoms with Crippen molar-refractivity contribution in [2.24, 2.45) is 0 Å². The van der Waals surface area contributed by atoms with E-state index in [2.05, 4.69) is 263 Å². The third-order valence-corrected chi connectivity index (χ3v) is 15.8. The average Bonchev–Trinajstić information content (AvgIpc) is 4.16. The predicted molar refractivity (Wildman–Crippen MR) is 305 cm³/mol. The van der Waals surface area contributed by atoms with Crippen molar-refractivity contribution in [1.82, 2.24) is 4.57 Å². The van der Waals surface area contributed by atoms with Crippen molar-refractivity contribution < 1.29 is 8.83 Å². The van der Waals surface area contributed by atoms with E-state index in [4.69, 9.17) is 8.83 Å². The van der Waals surface area contributed by atoms with Gasteiger partial charge in [0, 0.05) is 55.6 Å². The first-order valence-corrected chi connectivity index (χ1v) is 25.6. The normalized spacial score (nSPS) is 13.5. The molecular formula is C69H54N2O2. The molecule has 4 nitrogen and oxygen atoms in total. The Bertz CT molecular complexity index is 4270. The Balaban J connectivity index is 1.13. The van der Waals surface area contributed by atoms with Gasteiger partial charge < -0.3 is 18.3 Å². The number of benzene rings is 10. The molecular weight excluding hydrogens is 889 g/mol. The molecule has 0 atom stereocenters. The summed E-state index contributed by atoms with van der Waals surface area (Å²) in [4.78, 5) is 2.46. The second-order valence-corrected chi connectivity index (χ2v) is 22.1. The van der Waals surface area contributed by atoms with Gasteiger partial charge in [0.25, 0.3) is 0 Å². The number of para-hydroxylation sites is 4. The van der Waals surface area contributed by atoms with Gasteiger partial charge in [-0.1, -0.05) is 187 Å². The second kappa shape index (κ2) is 15.7. The molecule has 352 valence electrons. The molecule has 0 saturated heterocycles. The molecule has 0 aliphatic heterocycles. The molecule has 0 N–H and O–H groups in total. The van der Waals surface area contributed by atoms with E-state index in [0.29, 0.717) is 0 Å².